The molecular formula is C10H17NO2. The van der Waals surface area contributed by atoms with Gasteiger partial charge in [-0.3, -0.25) is 4.79 Å². The molecule has 0 aromatic carbocycles. The molecule has 0 aliphatic heterocycles. The first-order chi connectivity index (χ1) is 6.02. The van der Waals surface area contributed by atoms with Crippen molar-refractivity contribution in [2.45, 2.75) is 45.8 Å². The Bertz CT molecular complexity index is 241. The fraction of sp³-hybridized carbons (Fsp3) is 0.700. The molecule has 0 unspecified atom stereocenters. The highest BCUT2D eigenvalue weighted by atomic mass is 16.3. The van der Waals surface area contributed by atoms with Crippen LogP contribution >= 0.6 is 0 Å². The van der Waals surface area contributed by atoms with E-state index in [0.29, 0.717) is 0 Å². The van der Waals surface area contributed by atoms with E-state index in [9.17, 15) is 9.90 Å². The van der Waals surface area contributed by atoms with Crippen molar-refractivity contribution in [2.75, 3.05) is 0 Å². The van der Waals surface area contributed by atoms with Gasteiger partial charge in [-0.2, -0.15) is 0 Å². The van der Waals surface area contributed by atoms with Crippen molar-refractivity contribution in [1.82, 2.24) is 5.32 Å². The van der Waals surface area contributed by atoms with E-state index in [4.69, 9.17) is 0 Å². The number of carbonyl (C=O) groups excluding carboxylic acids is 1. The van der Waals surface area contributed by atoms with Crippen molar-refractivity contribution in [3.63, 3.8) is 0 Å². The summed E-state index contributed by atoms with van der Waals surface area (Å²) in [6.07, 6.45) is 1.36. The van der Waals surface area contributed by atoms with E-state index < -0.39 is 0 Å². The molecule has 0 aromatic heterocycles. The highest BCUT2D eigenvalue weighted by Crippen LogP contribution is 2.19. The first kappa shape index (κ1) is 10.3. The van der Waals surface area contributed by atoms with Crippen molar-refractivity contribution in [3.05, 3.63) is 11.1 Å². The van der Waals surface area contributed by atoms with Gasteiger partial charge in [0.15, 0.2) is 0 Å². The first-order valence-corrected chi connectivity index (χ1v) is 4.65. The lowest BCUT2D eigenvalue weighted by atomic mass is 9.89. The van der Waals surface area contributed by atoms with Gasteiger partial charge in [-0.05, 0) is 33.6 Å². The van der Waals surface area contributed by atoms with Crippen molar-refractivity contribution >= 4 is 5.91 Å². The maximum atomic E-state index is 11.5. The van der Waals surface area contributed by atoms with Gasteiger partial charge in [0.2, 0.25) is 5.91 Å². The largest absolute Gasteiger partial charge is 0.391 e. The molecule has 2 atom stereocenters. The van der Waals surface area contributed by atoms with Crippen LogP contribution in [0.15, 0.2) is 11.1 Å². The molecule has 0 saturated heterocycles. The molecule has 74 valence electrons. The highest BCUT2D eigenvalue weighted by molar-refractivity contribution is 5.93. The van der Waals surface area contributed by atoms with Crippen LogP contribution in [0.5, 0.6) is 0 Å². The molecule has 3 nitrogen and oxygen atoms in total. The molecule has 1 aliphatic carbocycles. The number of aliphatic hydroxyl groups is 1. The Labute approximate surface area is 78.8 Å². The van der Waals surface area contributed by atoms with Crippen LogP contribution in [0.3, 0.4) is 0 Å². The van der Waals surface area contributed by atoms with Gasteiger partial charge in [0.05, 0.1) is 12.1 Å². The molecule has 0 radical (unpaired) electrons. The third-order valence-electron chi connectivity index (χ3n) is 2.64. The summed E-state index contributed by atoms with van der Waals surface area (Å²) in [6, 6.07) is -0.0261. The average Bonchev–Trinajstić information content (AvgIpc) is 2.09. The van der Waals surface area contributed by atoms with Crippen molar-refractivity contribution in [2.24, 2.45) is 0 Å². The lowest BCUT2D eigenvalue weighted by Gasteiger charge is -2.33. The van der Waals surface area contributed by atoms with E-state index in [-0.39, 0.29) is 18.1 Å². The second-order valence-electron chi connectivity index (χ2n) is 3.85. The highest BCUT2D eigenvalue weighted by Gasteiger charge is 2.30. The normalized spacial score (nSPS) is 26.2. The Morgan fingerprint density at radius 3 is 2.23 bits per heavy atom. The predicted molar refractivity (Wildman–Crippen MR) is 51.2 cm³/mol. The Kier molecular flexibility index (Phi) is 3.09. The Morgan fingerprint density at radius 1 is 1.31 bits per heavy atom. The number of hydrogen-bond donors (Lipinski definition) is 2. The summed E-state index contributed by atoms with van der Waals surface area (Å²) in [5.41, 5.74) is 1.77. The van der Waals surface area contributed by atoms with Crippen LogP contribution in [0.25, 0.3) is 0 Å². The van der Waals surface area contributed by atoms with E-state index >= 15 is 0 Å². The summed E-state index contributed by atoms with van der Waals surface area (Å²) in [5.74, 6) is -0.0521. The van der Waals surface area contributed by atoms with Gasteiger partial charge in [0, 0.05) is 5.57 Å². The fourth-order valence-electron chi connectivity index (χ4n) is 1.15. The molecule has 1 fully saturated rings. The van der Waals surface area contributed by atoms with Gasteiger partial charge in [0.1, 0.15) is 0 Å². The first-order valence-electron chi connectivity index (χ1n) is 4.65. The summed E-state index contributed by atoms with van der Waals surface area (Å²) in [4.78, 5) is 11.5. The number of rotatable bonds is 2. The standard InChI is InChI=1S/C10H17NO2/c1-6(2)7(3)10(13)11-8-4-5-9(8)12/h8-9,12H,4-5H2,1-3H3,(H,11,13)/t8-,9-/m1/s1. The lowest BCUT2D eigenvalue weighted by Crippen LogP contribution is -2.50. The molecule has 0 bridgehead atoms. The van der Waals surface area contributed by atoms with Crippen LogP contribution in [0.4, 0.5) is 0 Å². The molecule has 13 heavy (non-hydrogen) atoms. The molecule has 2 N–H and O–H groups in total. The van der Waals surface area contributed by atoms with E-state index in [2.05, 4.69) is 5.32 Å². The molecule has 1 rings (SSSR count). The van der Waals surface area contributed by atoms with E-state index in [1.165, 1.54) is 0 Å². The zero-order valence-electron chi connectivity index (χ0n) is 8.42. The number of hydrogen-bond acceptors (Lipinski definition) is 2. The average molecular weight is 183 g/mol. The van der Waals surface area contributed by atoms with E-state index in [1.807, 2.05) is 13.8 Å². The third-order valence-corrected chi connectivity index (χ3v) is 2.64. The van der Waals surface area contributed by atoms with Crippen LogP contribution in [0.2, 0.25) is 0 Å². The van der Waals surface area contributed by atoms with Crippen LogP contribution < -0.4 is 5.32 Å². The predicted octanol–water partition coefficient (Wildman–Crippen LogP) is 0.982. The smallest absolute Gasteiger partial charge is 0.247 e. The molecule has 3 heteroatoms. The zero-order valence-corrected chi connectivity index (χ0v) is 8.42. The maximum Gasteiger partial charge on any atom is 0.247 e. The number of aliphatic hydroxyl groups excluding tert-OH is 1. The molecule has 1 aliphatic rings. The summed E-state index contributed by atoms with van der Waals surface area (Å²) in [5, 5.41) is 12.0. The Hall–Kier alpha value is -0.830. The minimum Gasteiger partial charge on any atom is -0.391 e. The van der Waals surface area contributed by atoms with Crippen LogP contribution in [0, 0.1) is 0 Å². The zero-order chi connectivity index (χ0) is 10.0. The van der Waals surface area contributed by atoms with E-state index in [0.717, 1.165) is 24.0 Å². The van der Waals surface area contributed by atoms with Crippen molar-refractivity contribution < 1.29 is 9.90 Å². The van der Waals surface area contributed by atoms with Crippen LogP contribution in [-0.2, 0) is 4.79 Å². The summed E-state index contributed by atoms with van der Waals surface area (Å²) in [7, 11) is 0. The fourth-order valence-corrected chi connectivity index (χ4v) is 1.15. The molecule has 0 aromatic rings. The van der Waals surface area contributed by atoms with Gasteiger partial charge in [-0.1, -0.05) is 5.57 Å². The lowest BCUT2D eigenvalue weighted by molar-refractivity contribution is -0.120. The molecular weight excluding hydrogens is 166 g/mol. The van der Waals surface area contributed by atoms with Gasteiger partial charge < -0.3 is 10.4 Å². The Morgan fingerprint density at radius 2 is 1.92 bits per heavy atom. The Balaban J connectivity index is 2.46. The van der Waals surface area contributed by atoms with Gasteiger partial charge in [-0.15, -0.1) is 0 Å². The van der Waals surface area contributed by atoms with Gasteiger partial charge >= 0.3 is 0 Å². The topological polar surface area (TPSA) is 49.3 Å². The third kappa shape index (κ3) is 2.31. The maximum absolute atomic E-state index is 11.5. The number of allylic oxidation sites excluding steroid dienone is 1. The second-order valence-corrected chi connectivity index (χ2v) is 3.85. The molecule has 1 saturated carbocycles. The SMILES string of the molecule is CC(C)=C(C)C(=O)N[C@@H]1CC[C@H]1O. The summed E-state index contributed by atoms with van der Waals surface area (Å²) >= 11 is 0. The minimum atomic E-state index is -0.339. The van der Waals surface area contributed by atoms with Crippen molar-refractivity contribution in [1.29, 1.82) is 0 Å². The molecule has 0 spiro atoms. The molecule has 1 amide bonds. The summed E-state index contributed by atoms with van der Waals surface area (Å²) < 4.78 is 0. The summed E-state index contributed by atoms with van der Waals surface area (Å²) in [6.45, 7) is 5.62. The van der Waals surface area contributed by atoms with Gasteiger partial charge in [0.25, 0.3) is 0 Å². The number of amides is 1. The van der Waals surface area contributed by atoms with Crippen LogP contribution in [0.1, 0.15) is 33.6 Å². The minimum absolute atomic E-state index is 0.0261. The molecule has 0 heterocycles. The van der Waals surface area contributed by atoms with Crippen molar-refractivity contribution in [3.8, 4) is 0 Å². The van der Waals surface area contributed by atoms with Crippen LogP contribution in [-0.4, -0.2) is 23.2 Å². The van der Waals surface area contributed by atoms with E-state index in [1.54, 1.807) is 6.92 Å². The monoisotopic (exact) mass is 183 g/mol. The number of nitrogens with one attached hydrogen (secondary N) is 1. The van der Waals surface area contributed by atoms with Gasteiger partial charge in [-0.25, -0.2) is 0 Å². The second kappa shape index (κ2) is 3.92. The quantitative estimate of drug-likeness (QED) is 0.627. The number of carbonyl (C=O) groups is 1.